The molecule has 28 heavy (non-hydrogen) atoms. The summed E-state index contributed by atoms with van der Waals surface area (Å²) in [5, 5.41) is 4.67. The van der Waals surface area contributed by atoms with Gasteiger partial charge in [0.2, 0.25) is 0 Å². The minimum Gasteiger partial charge on any atom is -0.343 e. The summed E-state index contributed by atoms with van der Waals surface area (Å²) in [6.07, 6.45) is 8.40. The predicted octanol–water partition coefficient (Wildman–Crippen LogP) is 5.63. The average molecular weight is 368 g/mol. The van der Waals surface area contributed by atoms with E-state index < -0.39 is 0 Å². The number of dihydropyridines is 1. The Labute approximate surface area is 165 Å². The molecule has 5 rings (SSSR count). The topological polar surface area (TPSA) is 50.2 Å². The van der Waals surface area contributed by atoms with Crippen molar-refractivity contribution in [3.05, 3.63) is 66.4 Å². The Bertz CT molecular complexity index is 1050. The number of para-hydroxylation sites is 1. The van der Waals surface area contributed by atoms with Gasteiger partial charge in [-0.15, -0.1) is 0 Å². The fraction of sp³-hybridized carbons (Fsp3) is 0.292. The second kappa shape index (κ2) is 7.55. The highest BCUT2D eigenvalue weighted by atomic mass is 15.0. The van der Waals surface area contributed by atoms with Gasteiger partial charge in [-0.1, -0.05) is 55.3 Å². The largest absolute Gasteiger partial charge is 0.343 e. The summed E-state index contributed by atoms with van der Waals surface area (Å²) in [5.41, 5.74) is 4.47. The van der Waals surface area contributed by atoms with Crippen LogP contribution in [0.2, 0.25) is 0 Å². The van der Waals surface area contributed by atoms with Crippen LogP contribution in [0.15, 0.2) is 71.4 Å². The number of anilines is 1. The number of aromatic nitrogens is 2. The highest BCUT2D eigenvalue weighted by Crippen LogP contribution is 2.30. The third-order valence-corrected chi connectivity index (χ3v) is 5.69. The number of hydrogen-bond donors (Lipinski definition) is 1. The van der Waals surface area contributed by atoms with Crippen molar-refractivity contribution >= 4 is 22.4 Å². The Morgan fingerprint density at radius 2 is 1.64 bits per heavy atom. The maximum atomic E-state index is 4.88. The molecule has 4 nitrogen and oxygen atoms in total. The van der Waals surface area contributed by atoms with Crippen molar-refractivity contribution in [2.45, 2.75) is 32.1 Å². The van der Waals surface area contributed by atoms with Crippen molar-refractivity contribution in [3.63, 3.8) is 0 Å². The van der Waals surface area contributed by atoms with E-state index in [1.165, 1.54) is 37.1 Å². The van der Waals surface area contributed by atoms with Crippen molar-refractivity contribution < 1.29 is 0 Å². The fourth-order valence-corrected chi connectivity index (χ4v) is 4.21. The first kappa shape index (κ1) is 17.1. The molecule has 1 aromatic heterocycles. The summed E-state index contributed by atoms with van der Waals surface area (Å²) >= 11 is 0. The van der Waals surface area contributed by atoms with E-state index in [2.05, 4.69) is 35.7 Å². The molecule has 1 saturated carbocycles. The molecule has 2 heterocycles. The maximum absolute atomic E-state index is 4.88. The molecule has 1 aliphatic heterocycles. The first-order valence-electron chi connectivity index (χ1n) is 10.2. The molecule has 0 amide bonds. The molecule has 1 fully saturated rings. The van der Waals surface area contributed by atoms with Crippen LogP contribution in [0.3, 0.4) is 0 Å². The Morgan fingerprint density at radius 3 is 2.50 bits per heavy atom. The lowest BCUT2D eigenvalue weighted by molar-refractivity contribution is 0.720. The van der Waals surface area contributed by atoms with E-state index in [1.54, 1.807) is 0 Å². The first-order chi connectivity index (χ1) is 13.9. The van der Waals surface area contributed by atoms with Gasteiger partial charge in [0, 0.05) is 41.2 Å². The zero-order chi connectivity index (χ0) is 18.8. The number of rotatable bonds is 4. The minimum absolute atomic E-state index is 0.638. The molecule has 140 valence electrons. The van der Waals surface area contributed by atoms with E-state index in [9.17, 15) is 0 Å². The van der Waals surface area contributed by atoms with Crippen molar-refractivity contribution in [2.75, 3.05) is 11.9 Å². The van der Waals surface area contributed by atoms with Gasteiger partial charge in [-0.05, 0) is 31.1 Å². The normalized spacial score (nSPS) is 17.4. The summed E-state index contributed by atoms with van der Waals surface area (Å²) in [7, 11) is 0. The van der Waals surface area contributed by atoms with E-state index in [4.69, 9.17) is 15.0 Å². The number of nitrogens with zero attached hydrogens (tertiary/aromatic N) is 3. The number of allylic oxidation sites excluding steroid dienone is 1. The molecular formula is C24H24N4. The highest BCUT2D eigenvalue weighted by Gasteiger charge is 2.22. The third-order valence-electron chi connectivity index (χ3n) is 5.69. The van der Waals surface area contributed by atoms with Gasteiger partial charge in [0.1, 0.15) is 5.82 Å². The van der Waals surface area contributed by atoms with E-state index in [-0.39, 0.29) is 0 Å². The highest BCUT2D eigenvalue weighted by molar-refractivity contribution is 5.99. The van der Waals surface area contributed by atoms with Crippen LogP contribution in [-0.2, 0) is 0 Å². The van der Waals surface area contributed by atoms with Gasteiger partial charge in [0.25, 0.3) is 0 Å². The van der Waals surface area contributed by atoms with E-state index >= 15 is 0 Å². The lowest BCUT2D eigenvalue weighted by Gasteiger charge is -2.19. The van der Waals surface area contributed by atoms with Crippen molar-refractivity contribution in [2.24, 2.45) is 10.9 Å². The van der Waals surface area contributed by atoms with Gasteiger partial charge in [-0.2, -0.15) is 0 Å². The van der Waals surface area contributed by atoms with Crippen LogP contribution in [0.1, 0.15) is 32.1 Å². The monoisotopic (exact) mass is 368 g/mol. The number of hydrogen-bond acceptors (Lipinski definition) is 4. The maximum Gasteiger partial charge on any atom is 0.162 e. The van der Waals surface area contributed by atoms with E-state index in [0.717, 1.165) is 41.1 Å². The van der Waals surface area contributed by atoms with Crippen LogP contribution in [0.5, 0.6) is 0 Å². The molecule has 2 aromatic carbocycles. The van der Waals surface area contributed by atoms with Crippen LogP contribution >= 0.6 is 0 Å². The summed E-state index contributed by atoms with van der Waals surface area (Å²) in [4.78, 5) is 14.5. The summed E-state index contributed by atoms with van der Waals surface area (Å²) in [6.45, 7) is 0.860. The van der Waals surface area contributed by atoms with Crippen molar-refractivity contribution in [1.29, 1.82) is 0 Å². The molecule has 1 aliphatic carbocycles. The summed E-state index contributed by atoms with van der Waals surface area (Å²) in [6, 6.07) is 18.4. The first-order valence-corrected chi connectivity index (χ1v) is 10.2. The van der Waals surface area contributed by atoms with Gasteiger partial charge in [-0.3, -0.25) is 4.99 Å². The molecule has 2 aliphatic rings. The average Bonchev–Trinajstić information content (AvgIpc) is 3.30. The lowest BCUT2D eigenvalue weighted by atomic mass is 9.98. The second-order valence-corrected chi connectivity index (χ2v) is 7.61. The van der Waals surface area contributed by atoms with Gasteiger partial charge >= 0.3 is 0 Å². The molecule has 0 spiro atoms. The molecule has 0 saturated heterocycles. The van der Waals surface area contributed by atoms with Gasteiger partial charge in [0.15, 0.2) is 5.82 Å². The van der Waals surface area contributed by atoms with Crippen LogP contribution < -0.4 is 5.32 Å². The van der Waals surface area contributed by atoms with Crippen molar-refractivity contribution in [3.8, 4) is 11.4 Å². The molecule has 0 bridgehead atoms. The Morgan fingerprint density at radius 1 is 0.857 bits per heavy atom. The number of aliphatic imine (C=N–C) groups is 1. The van der Waals surface area contributed by atoms with Gasteiger partial charge in [-0.25, -0.2) is 9.97 Å². The molecule has 0 radical (unpaired) electrons. The quantitative estimate of drug-likeness (QED) is 0.649. The lowest BCUT2D eigenvalue weighted by Crippen LogP contribution is -2.17. The molecule has 3 aromatic rings. The predicted molar refractivity (Wildman–Crippen MR) is 116 cm³/mol. The van der Waals surface area contributed by atoms with Crippen LogP contribution in [0.25, 0.3) is 22.3 Å². The van der Waals surface area contributed by atoms with Crippen LogP contribution in [0, 0.1) is 5.92 Å². The van der Waals surface area contributed by atoms with Gasteiger partial charge < -0.3 is 5.32 Å². The van der Waals surface area contributed by atoms with Gasteiger partial charge in [0.05, 0.1) is 5.52 Å². The van der Waals surface area contributed by atoms with Crippen molar-refractivity contribution in [1.82, 2.24) is 9.97 Å². The SMILES string of the molecule is C1=C(Nc2nc(-c3ccccc3)nc3ccccc23)CCN=C1C1CCCC1. The molecule has 0 atom stereocenters. The summed E-state index contributed by atoms with van der Waals surface area (Å²) < 4.78 is 0. The molecular weight excluding hydrogens is 344 g/mol. The second-order valence-electron chi connectivity index (χ2n) is 7.61. The zero-order valence-electron chi connectivity index (χ0n) is 15.9. The number of benzene rings is 2. The summed E-state index contributed by atoms with van der Waals surface area (Å²) in [5.74, 6) is 2.27. The molecule has 0 unspecified atom stereocenters. The number of nitrogens with one attached hydrogen (secondary N) is 1. The minimum atomic E-state index is 0.638. The molecule has 1 N–H and O–H groups in total. The standard InChI is InChI=1S/C24H24N4/c1-2-10-18(11-3-1)23-27-21-13-7-6-12-20(21)24(28-23)26-19-14-15-25-22(16-19)17-8-4-5-9-17/h1-3,6-7,10-13,16-17H,4-5,8-9,14-15H2,(H,26,27,28). The third kappa shape index (κ3) is 3.42. The Kier molecular flexibility index (Phi) is 4.61. The van der Waals surface area contributed by atoms with Crippen LogP contribution in [-0.4, -0.2) is 22.2 Å². The Hall–Kier alpha value is -3.01. The molecule has 4 heteroatoms. The Balaban J connectivity index is 1.52. The number of fused-ring (bicyclic) bond motifs is 1. The zero-order valence-corrected chi connectivity index (χ0v) is 15.9. The van der Waals surface area contributed by atoms with E-state index in [1.807, 2.05) is 30.3 Å². The van der Waals surface area contributed by atoms with E-state index in [0.29, 0.717) is 5.92 Å². The van der Waals surface area contributed by atoms with Crippen LogP contribution in [0.4, 0.5) is 5.82 Å². The smallest absolute Gasteiger partial charge is 0.162 e. The fourth-order valence-electron chi connectivity index (χ4n) is 4.21.